The largest absolute Gasteiger partial charge is 0.508 e. The van der Waals surface area contributed by atoms with Gasteiger partial charge in [-0.2, -0.15) is 0 Å². The summed E-state index contributed by atoms with van der Waals surface area (Å²) in [6.45, 7) is 8.71. The topological polar surface area (TPSA) is 114 Å². The molecular weight excluding hydrogens is 400 g/mol. The van der Waals surface area contributed by atoms with Crippen molar-refractivity contribution in [2.45, 2.75) is 46.4 Å². The lowest BCUT2D eigenvalue weighted by Crippen LogP contribution is -2.57. The van der Waals surface area contributed by atoms with Crippen LogP contribution in [-0.2, 0) is 19.1 Å². The van der Waals surface area contributed by atoms with Crippen molar-refractivity contribution in [3.63, 3.8) is 0 Å². The molecule has 2 aliphatic rings. The molecule has 2 atom stereocenters. The highest BCUT2D eigenvalue weighted by molar-refractivity contribution is 6.30. The fourth-order valence-electron chi connectivity index (χ4n) is 3.47. The molecule has 2 aliphatic heterocycles. The standard InChI is InChI=1S/C19H23ClN4O5/c1-6-28-16(27)19-9-29-15(18(3,4)5)24(19)14(26)12(13(19)25)10(2)23-17-21-7-11(20)8-22-17/h7-8,15,25H,6,9H2,1-5H3/b23-10+/t15-,19-/m1/s1. The normalized spacial score (nSPS) is 24.9. The van der Waals surface area contributed by atoms with Crippen molar-refractivity contribution < 1.29 is 24.2 Å². The minimum atomic E-state index is -1.74. The van der Waals surface area contributed by atoms with Gasteiger partial charge < -0.3 is 14.6 Å². The molecule has 1 aromatic rings. The van der Waals surface area contributed by atoms with E-state index in [1.165, 1.54) is 24.2 Å². The molecular formula is C19H23ClN4O5. The Labute approximate surface area is 173 Å². The summed E-state index contributed by atoms with van der Waals surface area (Å²) >= 11 is 5.78. The molecule has 0 aromatic carbocycles. The van der Waals surface area contributed by atoms with Crippen LogP contribution in [0.5, 0.6) is 0 Å². The van der Waals surface area contributed by atoms with Gasteiger partial charge in [-0.1, -0.05) is 32.4 Å². The van der Waals surface area contributed by atoms with E-state index in [2.05, 4.69) is 15.0 Å². The molecule has 1 aromatic heterocycles. The first-order valence-corrected chi connectivity index (χ1v) is 9.51. The Hall–Kier alpha value is -2.52. The summed E-state index contributed by atoms with van der Waals surface area (Å²) in [4.78, 5) is 39.6. The molecule has 156 valence electrons. The van der Waals surface area contributed by atoms with E-state index >= 15 is 0 Å². The number of aromatic nitrogens is 2. The number of aliphatic imine (C=N–C) groups is 1. The number of hydrogen-bond donors (Lipinski definition) is 1. The maximum absolute atomic E-state index is 13.3. The van der Waals surface area contributed by atoms with Crippen LogP contribution in [-0.4, -0.2) is 62.5 Å². The number of carbonyl (C=O) groups excluding carboxylic acids is 2. The first kappa shape index (κ1) is 21.2. The Balaban J connectivity index is 2.11. The van der Waals surface area contributed by atoms with Crippen molar-refractivity contribution in [1.29, 1.82) is 0 Å². The molecule has 0 aliphatic carbocycles. The number of hydrogen-bond acceptors (Lipinski definition) is 8. The Kier molecular flexibility index (Phi) is 5.40. The van der Waals surface area contributed by atoms with Gasteiger partial charge in [0, 0.05) is 5.41 Å². The molecule has 3 heterocycles. The van der Waals surface area contributed by atoms with E-state index in [-0.39, 0.29) is 30.4 Å². The van der Waals surface area contributed by atoms with Crippen molar-refractivity contribution in [2.75, 3.05) is 13.2 Å². The summed E-state index contributed by atoms with van der Waals surface area (Å²) in [6, 6.07) is 0. The molecule has 1 amide bonds. The molecule has 0 saturated carbocycles. The summed E-state index contributed by atoms with van der Waals surface area (Å²) < 4.78 is 11.0. The molecule has 10 heteroatoms. The molecule has 0 spiro atoms. The maximum atomic E-state index is 13.3. The number of aliphatic hydroxyl groups is 1. The lowest BCUT2D eigenvalue weighted by atomic mass is 9.91. The Morgan fingerprint density at radius 2 is 2.07 bits per heavy atom. The lowest BCUT2D eigenvalue weighted by Gasteiger charge is -2.36. The third-order valence-electron chi connectivity index (χ3n) is 4.75. The summed E-state index contributed by atoms with van der Waals surface area (Å²) in [7, 11) is 0. The van der Waals surface area contributed by atoms with Crippen LogP contribution in [0.4, 0.5) is 5.95 Å². The number of amides is 1. The second-order valence-corrected chi connectivity index (χ2v) is 8.34. The van der Waals surface area contributed by atoms with Crippen molar-refractivity contribution in [3.05, 3.63) is 28.7 Å². The average molecular weight is 423 g/mol. The van der Waals surface area contributed by atoms with Gasteiger partial charge in [-0.05, 0) is 13.8 Å². The van der Waals surface area contributed by atoms with Gasteiger partial charge in [-0.3, -0.25) is 9.69 Å². The fourth-order valence-corrected chi connectivity index (χ4v) is 3.57. The van der Waals surface area contributed by atoms with Crippen molar-refractivity contribution in [2.24, 2.45) is 10.4 Å². The highest BCUT2D eigenvalue weighted by Gasteiger charge is 2.67. The Morgan fingerprint density at radius 3 is 2.62 bits per heavy atom. The van der Waals surface area contributed by atoms with Gasteiger partial charge in [0.05, 0.1) is 36.3 Å². The number of fused-ring (bicyclic) bond motifs is 1. The smallest absolute Gasteiger partial charge is 0.342 e. The van der Waals surface area contributed by atoms with Crippen LogP contribution >= 0.6 is 11.6 Å². The second kappa shape index (κ2) is 7.38. The molecule has 1 fully saturated rings. The first-order chi connectivity index (χ1) is 13.5. The SMILES string of the molecule is CCOC(=O)[C@]12CO[C@H](C(C)(C)C)N1C(=O)C(/C(C)=N/c1ncc(Cl)cn1)=C2O. The first-order valence-electron chi connectivity index (χ1n) is 9.13. The van der Waals surface area contributed by atoms with Crippen LogP contribution in [0.1, 0.15) is 34.6 Å². The van der Waals surface area contributed by atoms with Gasteiger partial charge in [-0.15, -0.1) is 0 Å². The predicted octanol–water partition coefficient (Wildman–Crippen LogP) is 2.58. The summed E-state index contributed by atoms with van der Waals surface area (Å²) in [5, 5.41) is 11.4. The monoisotopic (exact) mass is 422 g/mol. The number of esters is 1. The minimum absolute atomic E-state index is 0.0702. The van der Waals surface area contributed by atoms with Gasteiger partial charge in [0.15, 0.2) is 0 Å². The van der Waals surface area contributed by atoms with Crippen LogP contribution in [0.2, 0.25) is 5.02 Å². The predicted molar refractivity (Wildman–Crippen MR) is 105 cm³/mol. The maximum Gasteiger partial charge on any atom is 0.342 e. The second-order valence-electron chi connectivity index (χ2n) is 7.91. The third kappa shape index (κ3) is 3.38. The van der Waals surface area contributed by atoms with E-state index < -0.39 is 34.8 Å². The molecule has 0 unspecified atom stereocenters. The molecule has 0 bridgehead atoms. The van der Waals surface area contributed by atoms with Crippen LogP contribution < -0.4 is 0 Å². The van der Waals surface area contributed by atoms with Crippen molar-refractivity contribution in [1.82, 2.24) is 14.9 Å². The van der Waals surface area contributed by atoms with Crippen LogP contribution in [0.25, 0.3) is 0 Å². The highest BCUT2D eigenvalue weighted by Crippen LogP contribution is 2.46. The molecule has 29 heavy (non-hydrogen) atoms. The number of aliphatic hydroxyl groups excluding tert-OH is 1. The quantitative estimate of drug-likeness (QED) is 0.585. The molecule has 9 nitrogen and oxygen atoms in total. The zero-order valence-electron chi connectivity index (χ0n) is 16.9. The van der Waals surface area contributed by atoms with Crippen molar-refractivity contribution >= 4 is 35.1 Å². The van der Waals surface area contributed by atoms with E-state index in [1.54, 1.807) is 6.92 Å². The van der Waals surface area contributed by atoms with E-state index in [0.717, 1.165) is 0 Å². The zero-order valence-corrected chi connectivity index (χ0v) is 17.6. The summed E-state index contributed by atoms with van der Waals surface area (Å²) in [6.07, 6.45) is 2.00. The van der Waals surface area contributed by atoms with Gasteiger partial charge in [-0.25, -0.2) is 19.8 Å². The van der Waals surface area contributed by atoms with Crippen LogP contribution in [0, 0.1) is 5.41 Å². The minimum Gasteiger partial charge on any atom is -0.508 e. The van der Waals surface area contributed by atoms with E-state index in [1.807, 2.05) is 20.8 Å². The van der Waals surface area contributed by atoms with Gasteiger partial charge >= 0.3 is 5.97 Å². The molecule has 0 radical (unpaired) electrons. The van der Waals surface area contributed by atoms with E-state index in [9.17, 15) is 14.7 Å². The molecule has 1 saturated heterocycles. The average Bonchev–Trinajstić information content (AvgIpc) is 3.14. The number of ether oxygens (including phenoxy) is 2. The Bertz CT molecular complexity index is 906. The van der Waals surface area contributed by atoms with Crippen molar-refractivity contribution in [3.8, 4) is 0 Å². The molecule has 3 rings (SSSR count). The summed E-state index contributed by atoms with van der Waals surface area (Å²) in [5.74, 6) is -1.69. The van der Waals surface area contributed by atoms with E-state index in [4.69, 9.17) is 21.1 Å². The van der Waals surface area contributed by atoms with Gasteiger partial charge in [0.25, 0.3) is 5.91 Å². The van der Waals surface area contributed by atoms with Gasteiger partial charge in [0.2, 0.25) is 11.5 Å². The van der Waals surface area contributed by atoms with Crippen LogP contribution in [0.15, 0.2) is 28.7 Å². The fraction of sp³-hybridized carbons (Fsp3) is 0.526. The van der Waals surface area contributed by atoms with Crippen LogP contribution in [0.3, 0.4) is 0 Å². The zero-order chi connectivity index (χ0) is 21.6. The number of halogens is 1. The highest BCUT2D eigenvalue weighted by atomic mass is 35.5. The Morgan fingerprint density at radius 1 is 1.45 bits per heavy atom. The number of rotatable bonds is 4. The number of carbonyl (C=O) groups is 2. The van der Waals surface area contributed by atoms with E-state index in [0.29, 0.717) is 5.02 Å². The summed E-state index contributed by atoms with van der Waals surface area (Å²) in [5.41, 5.74) is -2.17. The lowest BCUT2D eigenvalue weighted by molar-refractivity contribution is -0.160. The third-order valence-corrected chi connectivity index (χ3v) is 4.94. The number of nitrogens with zero attached hydrogens (tertiary/aromatic N) is 4. The molecule has 1 N–H and O–H groups in total. The van der Waals surface area contributed by atoms with Gasteiger partial charge in [0.1, 0.15) is 17.6 Å².